The first kappa shape index (κ1) is 23.1. The summed E-state index contributed by atoms with van der Waals surface area (Å²) in [4.78, 5) is 21.5. The lowest BCUT2D eigenvalue weighted by Crippen LogP contribution is -2.41. The molecule has 37 heavy (non-hydrogen) atoms. The number of anilines is 2. The molecule has 2 N–H and O–H groups in total. The number of aromatic nitrogens is 2. The van der Waals surface area contributed by atoms with Crippen LogP contribution in [0.25, 0.3) is 0 Å². The van der Waals surface area contributed by atoms with Crippen molar-refractivity contribution < 1.29 is 14.2 Å². The van der Waals surface area contributed by atoms with Crippen LogP contribution in [0.2, 0.25) is 0 Å². The Labute approximate surface area is 214 Å². The van der Waals surface area contributed by atoms with Gasteiger partial charge in [-0.3, -0.25) is 4.79 Å². The van der Waals surface area contributed by atoms with Crippen molar-refractivity contribution in [2.75, 3.05) is 37.0 Å². The van der Waals surface area contributed by atoms with Crippen molar-refractivity contribution in [3.63, 3.8) is 0 Å². The maximum atomic E-state index is 12.3. The van der Waals surface area contributed by atoms with E-state index in [1.54, 1.807) is 19.5 Å². The average molecular weight is 497 g/mol. The summed E-state index contributed by atoms with van der Waals surface area (Å²) in [5.74, 6) is 2.32. The van der Waals surface area contributed by atoms with Crippen molar-refractivity contribution in [2.24, 2.45) is 0 Å². The Morgan fingerprint density at radius 3 is 2.97 bits per heavy atom. The highest BCUT2D eigenvalue weighted by Gasteiger charge is 2.29. The molecule has 0 aliphatic carbocycles. The van der Waals surface area contributed by atoms with E-state index < -0.39 is 0 Å². The maximum absolute atomic E-state index is 12.3. The zero-order valence-electron chi connectivity index (χ0n) is 20.6. The summed E-state index contributed by atoms with van der Waals surface area (Å²) in [5, 5.41) is 3.47. The number of pyridine rings is 2. The minimum atomic E-state index is -0.194. The number of ether oxygens (including phenoxy) is 3. The van der Waals surface area contributed by atoms with Gasteiger partial charge in [-0.05, 0) is 42.0 Å². The first-order valence-corrected chi connectivity index (χ1v) is 12.4. The molecule has 0 bridgehead atoms. The van der Waals surface area contributed by atoms with Crippen LogP contribution in [0.3, 0.4) is 0 Å². The molecule has 2 aliphatic rings. The van der Waals surface area contributed by atoms with Crippen LogP contribution in [0.5, 0.6) is 17.4 Å². The second kappa shape index (κ2) is 9.99. The average Bonchev–Trinajstić information content (AvgIpc) is 2.95. The molecule has 2 aromatic heterocycles. The number of benzene rings is 2. The molecule has 4 heterocycles. The molecular weight excluding hydrogens is 468 g/mol. The van der Waals surface area contributed by atoms with Gasteiger partial charge in [0.15, 0.2) is 0 Å². The summed E-state index contributed by atoms with van der Waals surface area (Å²) in [6, 6.07) is 20.0. The zero-order valence-corrected chi connectivity index (χ0v) is 20.6. The van der Waals surface area contributed by atoms with Crippen molar-refractivity contribution in [1.29, 1.82) is 0 Å². The monoisotopic (exact) mass is 496 g/mol. The Morgan fingerprint density at radius 2 is 2.08 bits per heavy atom. The minimum absolute atomic E-state index is 0.0881. The van der Waals surface area contributed by atoms with E-state index >= 15 is 0 Å². The number of H-pyrrole nitrogens is 1. The number of nitrogens with one attached hydrogen (secondary N) is 2. The molecule has 1 fully saturated rings. The Hall–Kier alpha value is -4.30. The van der Waals surface area contributed by atoms with Crippen LogP contribution >= 0.6 is 0 Å². The SMILES string of the molecule is COc1ncccc1CNc1ccc2c(c1)Cc1cccc(C3CN(c4ccc[nH]c4=O)CCO3)c1O2. The molecule has 0 amide bonds. The second-order valence-electron chi connectivity index (χ2n) is 9.15. The third-order valence-electron chi connectivity index (χ3n) is 6.86. The van der Waals surface area contributed by atoms with Crippen LogP contribution in [-0.4, -0.2) is 36.8 Å². The number of para-hydroxylation sites is 1. The number of fused-ring (bicyclic) bond motifs is 2. The fourth-order valence-electron chi connectivity index (χ4n) is 5.02. The summed E-state index contributed by atoms with van der Waals surface area (Å²) < 4.78 is 18.0. The van der Waals surface area contributed by atoms with E-state index in [9.17, 15) is 4.79 Å². The van der Waals surface area contributed by atoms with E-state index in [0.717, 1.165) is 45.9 Å². The molecule has 2 aliphatic heterocycles. The van der Waals surface area contributed by atoms with Crippen LogP contribution in [0, 0.1) is 0 Å². The van der Waals surface area contributed by atoms with Crippen LogP contribution < -0.4 is 25.2 Å². The number of rotatable bonds is 6. The van der Waals surface area contributed by atoms with Gasteiger partial charge in [-0.1, -0.05) is 24.3 Å². The predicted octanol–water partition coefficient (Wildman–Crippen LogP) is 4.67. The van der Waals surface area contributed by atoms with E-state index in [0.29, 0.717) is 37.8 Å². The van der Waals surface area contributed by atoms with Gasteiger partial charge in [0.25, 0.3) is 5.56 Å². The van der Waals surface area contributed by atoms with Crippen LogP contribution in [0.1, 0.15) is 28.4 Å². The van der Waals surface area contributed by atoms with Crippen molar-refractivity contribution in [3.05, 3.63) is 106 Å². The van der Waals surface area contributed by atoms with Gasteiger partial charge in [0, 0.05) is 60.8 Å². The number of nitrogens with zero attached hydrogens (tertiary/aromatic N) is 2. The standard InChI is InChI=1S/C29H28N4O4/c1-35-29-20(6-3-12-31-29)17-32-22-9-10-25-21(16-22)15-19-5-2-7-23(27(19)37-25)26-18-33(13-14-36-26)24-8-4-11-30-28(24)34/h2-12,16,26,32H,13-15,17-18H2,1H3,(H,30,34). The number of hydrogen-bond donors (Lipinski definition) is 2. The van der Waals surface area contributed by atoms with E-state index in [1.165, 1.54) is 0 Å². The Bertz CT molecular complexity index is 1480. The van der Waals surface area contributed by atoms with Crippen LogP contribution in [0.4, 0.5) is 11.4 Å². The fraction of sp³-hybridized carbons (Fsp3) is 0.241. The summed E-state index contributed by atoms with van der Waals surface area (Å²) in [7, 11) is 1.63. The Morgan fingerprint density at radius 1 is 1.14 bits per heavy atom. The van der Waals surface area contributed by atoms with Crippen LogP contribution in [-0.2, 0) is 17.7 Å². The van der Waals surface area contributed by atoms with E-state index in [4.69, 9.17) is 14.2 Å². The van der Waals surface area contributed by atoms with Crippen molar-refractivity contribution >= 4 is 11.4 Å². The first-order valence-electron chi connectivity index (χ1n) is 12.4. The minimum Gasteiger partial charge on any atom is -0.481 e. The third-order valence-corrected chi connectivity index (χ3v) is 6.86. The normalized spacial score (nSPS) is 16.4. The molecule has 2 aromatic carbocycles. The molecule has 1 unspecified atom stereocenters. The van der Waals surface area contributed by atoms with Crippen molar-refractivity contribution in [3.8, 4) is 17.4 Å². The summed E-state index contributed by atoms with van der Waals surface area (Å²) in [6.07, 6.45) is 3.94. The van der Waals surface area contributed by atoms with E-state index in [1.807, 2.05) is 36.4 Å². The lowest BCUT2D eigenvalue weighted by atomic mass is 9.95. The van der Waals surface area contributed by atoms with Gasteiger partial charge in [0.1, 0.15) is 23.3 Å². The molecule has 1 saturated heterocycles. The number of methoxy groups -OCH3 is 1. The molecule has 0 radical (unpaired) electrons. The molecule has 188 valence electrons. The van der Waals surface area contributed by atoms with Gasteiger partial charge in [0.2, 0.25) is 5.88 Å². The quantitative estimate of drug-likeness (QED) is 0.353. The topological polar surface area (TPSA) is 88.7 Å². The van der Waals surface area contributed by atoms with Crippen molar-refractivity contribution in [1.82, 2.24) is 9.97 Å². The maximum Gasteiger partial charge on any atom is 0.271 e. The van der Waals surface area contributed by atoms with Crippen molar-refractivity contribution in [2.45, 2.75) is 19.1 Å². The summed E-state index contributed by atoms with van der Waals surface area (Å²) in [5.41, 5.74) is 5.82. The van der Waals surface area contributed by atoms with Crippen LogP contribution in [0.15, 0.2) is 77.9 Å². The van der Waals surface area contributed by atoms with Gasteiger partial charge in [-0.2, -0.15) is 0 Å². The second-order valence-corrected chi connectivity index (χ2v) is 9.15. The first-order chi connectivity index (χ1) is 18.2. The highest BCUT2D eigenvalue weighted by molar-refractivity contribution is 5.59. The van der Waals surface area contributed by atoms with Gasteiger partial charge in [0.05, 0.1) is 13.7 Å². The molecule has 8 nitrogen and oxygen atoms in total. The van der Waals surface area contributed by atoms with Gasteiger partial charge >= 0.3 is 0 Å². The molecule has 1 atom stereocenters. The Balaban J connectivity index is 1.21. The molecule has 0 spiro atoms. The smallest absolute Gasteiger partial charge is 0.271 e. The summed E-state index contributed by atoms with van der Waals surface area (Å²) in [6.45, 7) is 2.40. The summed E-state index contributed by atoms with van der Waals surface area (Å²) >= 11 is 0. The lowest BCUT2D eigenvalue weighted by molar-refractivity contribution is 0.0383. The van der Waals surface area contributed by atoms with Gasteiger partial charge in [-0.15, -0.1) is 0 Å². The highest BCUT2D eigenvalue weighted by atomic mass is 16.5. The molecule has 0 saturated carbocycles. The fourth-order valence-corrected chi connectivity index (χ4v) is 5.02. The molecule has 4 aromatic rings. The lowest BCUT2D eigenvalue weighted by Gasteiger charge is -2.35. The molecular formula is C29H28N4O4. The highest BCUT2D eigenvalue weighted by Crippen LogP contribution is 2.43. The predicted molar refractivity (Wildman–Crippen MR) is 142 cm³/mol. The largest absolute Gasteiger partial charge is 0.481 e. The van der Waals surface area contributed by atoms with Gasteiger partial charge < -0.3 is 29.4 Å². The molecule has 8 heteroatoms. The third kappa shape index (κ3) is 4.63. The number of morpholine rings is 1. The van der Waals surface area contributed by atoms with E-state index in [2.05, 4.69) is 44.5 Å². The number of hydrogen-bond acceptors (Lipinski definition) is 7. The number of aromatic amines is 1. The molecule has 6 rings (SSSR count). The van der Waals surface area contributed by atoms with E-state index in [-0.39, 0.29) is 11.7 Å². The Kier molecular flexibility index (Phi) is 6.24. The van der Waals surface area contributed by atoms with Gasteiger partial charge in [-0.25, -0.2) is 4.98 Å². The zero-order chi connectivity index (χ0) is 25.2.